The molecule has 0 spiro atoms. The van der Waals surface area contributed by atoms with Gasteiger partial charge in [-0.1, -0.05) is 12.8 Å². The molecule has 2 aliphatic rings. The largest absolute Gasteiger partial charge is 0.324 e. The first-order chi connectivity index (χ1) is 7.18. The molecule has 4 heteroatoms. The standard InChI is InChI=1S/C11H18N2O2/c1-8(9-4-2-3-5-9)13-7-6-10(14)12-11(13)15/h8-9H,2-7H2,1H3,(H,12,14,15). The smallest absolute Gasteiger partial charge is 0.321 e. The number of nitrogens with one attached hydrogen (secondary N) is 1. The van der Waals surface area contributed by atoms with Gasteiger partial charge in [0.15, 0.2) is 0 Å². The number of hydrogen-bond donors (Lipinski definition) is 1. The molecule has 0 aromatic carbocycles. The maximum atomic E-state index is 11.6. The Balaban J connectivity index is 1.97. The average Bonchev–Trinajstić information content (AvgIpc) is 2.69. The highest BCUT2D eigenvalue weighted by Crippen LogP contribution is 2.30. The molecule has 4 nitrogen and oxygen atoms in total. The summed E-state index contributed by atoms with van der Waals surface area (Å²) in [5, 5.41) is 2.38. The molecule has 84 valence electrons. The molecule has 1 saturated heterocycles. The van der Waals surface area contributed by atoms with Crippen molar-refractivity contribution < 1.29 is 9.59 Å². The van der Waals surface area contributed by atoms with E-state index in [0.29, 0.717) is 18.9 Å². The Morgan fingerprint density at radius 1 is 1.33 bits per heavy atom. The zero-order chi connectivity index (χ0) is 10.8. The molecule has 1 unspecified atom stereocenters. The molecule has 1 saturated carbocycles. The quantitative estimate of drug-likeness (QED) is 0.751. The van der Waals surface area contributed by atoms with Crippen molar-refractivity contribution in [2.24, 2.45) is 5.92 Å². The first-order valence-corrected chi connectivity index (χ1v) is 5.79. The molecule has 2 fully saturated rings. The van der Waals surface area contributed by atoms with Crippen LogP contribution in [0.2, 0.25) is 0 Å². The minimum absolute atomic E-state index is 0.144. The fraction of sp³-hybridized carbons (Fsp3) is 0.818. The molecule has 1 heterocycles. The second-order valence-electron chi connectivity index (χ2n) is 4.58. The van der Waals surface area contributed by atoms with E-state index < -0.39 is 0 Å². The monoisotopic (exact) mass is 210 g/mol. The van der Waals surface area contributed by atoms with Crippen molar-refractivity contribution in [1.29, 1.82) is 0 Å². The van der Waals surface area contributed by atoms with Crippen LogP contribution in [0, 0.1) is 5.92 Å². The van der Waals surface area contributed by atoms with E-state index >= 15 is 0 Å². The van der Waals surface area contributed by atoms with Crippen molar-refractivity contribution >= 4 is 11.9 Å². The summed E-state index contributed by atoms with van der Waals surface area (Å²) in [7, 11) is 0. The van der Waals surface area contributed by atoms with Crippen molar-refractivity contribution in [3.05, 3.63) is 0 Å². The Kier molecular flexibility index (Phi) is 2.93. The van der Waals surface area contributed by atoms with E-state index in [1.165, 1.54) is 25.7 Å². The minimum atomic E-state index is -0.203. The number of imide groups is 1. The molecular formula is C11H18N2O2. The highest BCUT2D eigenvalue weighted by Gasteiger charge is 2.32. The highest BCUT2D eigenvalue weighted by molar-refractivity contribution is 5.96. The molecule has 1 atom stereocenters. The summed E-state index contributed by atoms with van der Waals surface area (Å²) in [6, 6.07) is 0.0752. The normalized spacial score (nSPS) is 25.5. The van der Waals surface area contributed by atoms with Crippen LogP contribution >= 0.6 is 0 Å². The van der Waals surface area contributed by atoms with Crippen LogP contribution in [-0.2, 0) is 4.79 Å². The fourth-order valence-corrected chi connectivity index (χ4v) is 2.66. The lowest BCUT2D eigenvalue weighted by Crippen LogP contribution is -2.54. The number of rotatable bonds is 2. The van der Waals surface area contributed by atoms with E-state index in [1.807, 2.05) is 4.90 Å². The molecule has 2 rings (SSSR count). The van der Waals surface area contributed by atoms with Crippen LogP contribution in [0.4, 0.5) is 4.79 Å². The zero-order valence-corrected chi connectivity index (χ0v) is 9.16. The van der Waals surface area contributed by atoms with Crippen molar-refractivity contribution in [2.75, 3.05) is 6.54 Å². The summed E-state index contributed by atoms with van der Waals surface area (Å²) >= 11 is 0. The van der Waals surface area contributed by atoms with Gasteiger partial charge in [-0.15, -0.1) is 0 Å². The third kappa shape index (κ3) is 2.13. The zero-order valence-electron chi connectivity index (χ0n) is 9.16. The van der Waals surface area contributed by atoms with E-state index in [9.17, 15) is 9.59 Å². The molecule has 0 bridgehead atoms. The highest BCUT2D eigenvalue weighted by atomic mass is 16.2. The summed E-state index contributed by atoms with van der Waals surface area (Å²) in [5.74, 6) is 0.485. The van der Waals surface area contributed by atoms with Crippen molar-refractivity contribution in [3.63, 3.8) is 0 Å². The number of amides is 3. The lowest BCUT2D eigenvalue weighted by molar-refractivity contribution is -0.121. The van der Waals surface area contributed by atoms with E-state index in [4.69, 9.17) is 0 Å². The second kappa shape index (κ2) is 4.21. The lowest BCUT2D eigenvalue weighted by atomic mass is 9.98. The number of urea groups is 1. The predicted molar refractivity (Wildman–Crippen MR) is 56.3 cm³/mol. The molecule has 15 heavy (non-hydrogen) atoms. The van der Waals surface area contributed by atoms with E-state index in [2.05, 4.69) is 12.2 Å². The lowest BCUT2D eigenvalue weighted by Gasteiger charge is -2.35. The Morgan fingerprint density at radius 3 is 2.60 bits per heavy atom. The molecule has 1 aliphatic carbocycles. The average molecular weight is 210 g/mol. The third-order valence-electron chi connectivity index (χ3n) is 3.66. The van der Waals surface area contributed by atoms with Gasteiger partial charge in [0.25, 0.3) is 0 Å². The van der Waals surface area contributed by atoms with Crippen LogP contribution in [0.3, 0.4) is 0 Å². The molecule has 1 N–H and O–H groups in total. The summed E-state index contributed by atoms with van der Waals surface area (Å²) in [4.78, 5) is 24.4. The van der Waals surface area contributed by atoms with Crippen molar-refractivity contribution in [1.82, 2.24) is 10.2 Å². The van der Waals surface area contributed by atoms with Crippen molar-refractivity contribution in [2.45, 2.75) is 45.1 Å². The molecule has 0 aromatic heterocycles. The minimum Gasteiger partial charge on any atom is -0.321 e. The van der Waals surface area contributed by atoms with Gasteiger partial charge in [0.05, 0.1) is 0 Å². The van der Waals surface area contributed by atoms with Crippen LogP contribution in [-0.4, -0.2) is 29.4 Å². The Hall–Kier alpha value is -1.06. The van der Waals surface area contributed by atoms with Gasteiger partial charge >= 0.3 is 6.03 Å². The number of carbonyl (C=O) groups excluding carboxylic acids is 2. The van der Waals surface area contributed by atoms with Crippen LogP contribution in [0.15, 0.2) is 0 Å². The molecule has 1 aliphatic heterocycles. The maximum Gasteiger partial charge on any atom is 0.324 e. The van der Waals surface area contributed by atoms with E-state index in [1.54, 1.807) is 0 Å². The SMILES string of the molecule is CC(C1CCCC1)N1CCC(=O)NC1=O. The second-order valence-corrected chi connectivity index (χ2v) is 4.58. The fourth-order valence-electron chi connectivity index (χ4n) is 2.66. The molecule has 0 radical (unpaired) electrons. The molecule has 0 aromatic rings. The van der Waals surface area contributed by atoms with Crippen LogP contribution < -0.4 is 5.32 Å². The van der Waals surface area contributed by atoms with Gasteiger partial charge in [0.1, 0.15) is 0 Å². The number of hydrogen-bond acceptors (Lipinski definition) is 2. The van der Waals surface area contributed by atoms with Crippen LogP contribution in [0.25, 0.3) is 0 Å². The van der Waals surface area contributed by atoms with Crippen LogP contribution in [0.5, 0.6) is 0 Å². The van der Waals surface area contributed by atoms with Crippen molar-refractivity contribution in [3.8, 4) is 0 Å². The first-order valence-electron chi connectivity index (χ1n) is 5.79. The summed E-state index contributed by atoms with van der Waals surface area (Å²) in [6.07, 6.45) is 5.45. The maximum absolute atomic E-state index is 11.6. The topological polar surface area (TPSA) is 49.4 Å². The number of carbonyl (C=O) groups is 2. The van der Waals surface area contributed by atoms with Gasteiger partial charge < -0.3 is 4.90 Å². The predicted octanol–water partition coefficient (Wildman–Crippen LogP) is 1.51. The summed E-state index contributed by atoms with van der Waals surface area (Å²) in [5.41, 5.74) is 0. The van der Waals surface area contributed by atoms with Crippen LogP contribution in [0.1, 0.15) is 39.0 Å². The van der Waals surface area contributed by atoms with Gasteiger partial charge in [-0.3, -0.25) is 10.1 Å². The van der Waals surface area contributed by atoms with Gasteiger partial charge in [-0.25, -0.2) is 4.79 Å². The summed E-state index contributed by atoms with van der Waals surface area (Å²) in [6.45, 7) is 2.69. The van der Waals surface area contributed by atoms with Gasteiger partial charge in [-0.05, 0) is 25.7 Å². The van der Waals surface area contributed by atoms with Gasteiger partial charge in [-0.2, -0.15) is 0 Å². The Labute approximate surface area is 90.0 Å². The van der Waals surface area contributed by atoms with E-state index in [-0.39, 0.29) is 18.0 Å². The Bertz CT molecular complexity index is 272. The van der Waals surface area contributed by atoms with Gasteiger partial charge in [0, 0.05) is 19.0 Å². The first kappa shape index (κ1) is 10.5. The molecular weight excluding hydrogens is 192 g/mol. The Morgan fingerprint density at radius 2 is 2.00 bits per heavy atom. The third-order valence-corrected chi connectivity index (χ3v) is 3.66. The van der Waals surface area contributed by atoms with E-state index in [0.717, 1.165) is 0 Å². The summed E-state index contributed by atoms with van der Waals surface area (Å²) < 4.78 is 0. The molecule has 3 amide bonds. The number of nitrogens with zero attached hydrogens (tertiary/aromatic N) is 1. The van der Waals surface area contributed by atoms with Gasteiger partial charge in [0.2, 0.25) is 5.91 Å².